The number of rotatable bonds is 8. The smallest absolute Gasteiger partial charge is 0.303 e. The van der Waals surface area contributed by atoms with Crippen LogP contribution in [0.4, 0.5) is 0 Å². The van der Waals surface area contributed by atoms with Gasteiger partial charge in [-0.3, -0.25) is 9.59 Å². The lowest BCUT2D eigenvalue weighted by Crippen LogP contribution is -2.29. The van der Waals surface area contributed by atoms with Crippen LogP contribution in [0.15, 0.2) is 60.7 Å². The minimum absolute atomic E-state index is 0.0219. The summed E-state index contributed by atoms with van der Waals surface area (Å²) in [6.45, 7) is 2.02. The Bertz CT molecular complexity index is 655. The van der Waals surface area contributed by atoms with E-state index in [1.165, 1.54) is 0 Å². The third-order valence-corrected chi connectivity index (χ3v) is 4.04. The first-order valence-corrected chi connectivity index (χ1v) is 8.17. The molecule has 2 unspecified atom stereocenters. The predicted molar refractivity (Wildman–Crippen MR) is 93.7 cm³/mol. The van der Waals surface area contributed by atoms with Crippen molar-refractivity contribution in [3.05, 3.63) is 71.8 Å². The van der Waals surface area contributed by atoms with Crippen LogP contribution in [0.2, 0.25) is 0 Å². The minimum Gasteiger partial charge on any atom is -0.481 e. The molecule has 24 heavy (non-hydrogen) atoms. The van der Waals surface area contributed by atoms with Gasteiger partial charge in [-0.2, -0.15) is 0 Å². The van der Waals surface area contributed by atoms with Crippen LogP contribution in [-0.4, -0.2) is 17.0 Å². The van der Waals surface area contributed by atoms with Crippen molar-refractivity contribution in [1.29, 1.82) is 0 Å². The summed E-state index contributed by atoms with van der Waals surface area (Å²) < 4.78 is 0. The van der Waals surface area contributed by atoms with E-state index < -0.39 is 5.97 Å². The zero-order chi connectivity index (χ0) is 17.4. The van der Waals surface area contributed by atoms with Crippen LogP contribution >= 0.6 is 0 Å². The molecule has 0 saturated carbocycles. The van der Waals surface area contributed by atoms with E-state index in [1.54, 1.807) is 0 Å². The second-order valence-electron chi connectivity index (χ2n) is 5.98. The van der Waals surface area contributed by atoms with Crippen molar-refractivity contribution in [2.24, 2.45) is 0 Å². The highest BCUT2D eigenvalue weighted by Crippen LogP contribution is 2.22. The maximum Gasteiger partial charge on any atom is 0.303 e. The van der Waals surface area contributed by atoms with Gasteiger partial charge >= 0.3 is 5.97 Å². The molecule has 0 aliphatic rings. The maximum absolute atomic E-state index is 12.4. The molecular weight excluding hydrogens is 302 g/mol. The fourth-order valence-electron chi connectivity index (χ4n) is 2.71. The lowest BCUT2D eigenvalue weighted by Gasteiger charge is -2.20. The largest absolute Gasteiger partial charge is 0.481 e. The molecule has 2 atom stereocenters. The minimum atomic E-state index is -0.858. The zero-order valence-electron chi connectivity index (χ0n) is 13.8. The Morgan fingerprint density at radius 2 is 1.50 bits per heavy atom. The van der Waals surface area contributed by atoms with E-state index in [2.05, 4.69) is 5.32 Å². The summed E-state index contributed by atoms with van der Waals surface area (Å²) in [5.74, 6) is -0.810. The van der Waals surface area contributed by atoms with Crippen LogP contribution in [0.1, 0.15) is 49.3 Å². The van der Waals surface area contributed by atoms with E-state index in [0.29, 0.717) is 12.8 Å². The van der Waals surface area contributed by atoms with Gasteiger partial charge in [0.2, 0.25) is 5.91 Å². The molecule has 4 nitrogen and oxygen atoms in total. The molecule has 0 heterocycles. The van der Waals surface area contributed by atoms with E-state index in [0.717, 1.165) is 11.1 Å². The normalized spacial score (nSPS) is 13.0. The molecule has 0 saturated heterocycles. The van der Waals surface area contributed by atoms with Crippen LogP contribution in [0.3, 0.4) is 0 Å². The van der Waals surface area contributed by atoms with E-state index in [1.807, 2.05) is 67.6 Å². The van der Waals surface area contributed by atoms with Gasteiger partial charge in [-0.05, 0) is 23.5 Å². The first kappa shape index (κ1) is 17.7. The topological polar surface area (TPSA) is 66.4 Å². The quantitative estimate of drug-likeness (QED) is 0.773. The summed E-state index contributed by atoms with van der Waals surface area (Å²) in [4.78, 5) is 23.3. The molecule has 0 fully saturated rings. The highest BCUT2D eigenvalue weighted by Gasteiger charge is 2.18. The third-order valence-electron chi connectivity index (χ3n) is 4.04. The van der Waals surface area contributed by atoms with E-state index in [-0.39, 0.29) is 24.3 Å². The molecular formula is C20H23NO3. The van der Waals surface area contributed by atoms with Crippen molar-refractivity contribution in [2.45, 2.75) is 38.1 Å². The van der Waals surface area contributed by atoms with Crippen LogP contribution in [0, 0.1) is 0 Å². The van der Waals surface area contributed by atoms with Crippen LogP contribution < -0.4 is 5.32 Å². The van der Waals surface area contributed by atoms with Gasteiger partial charge < -0.3 is 10.4 Å². The van der Waals surface area contributed by atoms with Crippen LogP contribution in [-0.2, 0) is 9.59 Å². The second kappa shape index (κ2) is 8.87. The van der Waals surface area contributed by atoms with Crippen molar-refractivity contribution in [3.8, 4) is 0 Å². The highest BCUT2D eigenvalue weighted by atomic mass is 16.4. The van der Waals surface area contributed by atoms with E-state index in [9.17, 15) is 9.59 Å². The molecule has 0 aromatic heterocycles. The maximum atomic E-state index is 12.4. The summed E-state index contributed by atoms with van der Waals surface area (Å²) in [5, 5.41) is 11.9. The number of carboxylic acids is 1. The summed E-state index contributed by atoms with van der Waals surface area (Å²) in [7, 11) is 0. The number of carbonyl (C=O) groups is 2. The van der Waals surface area contributed by atoms with E-state index >= 15 is 0 Å². The summed E-state index contributed by atoms with van der Waals surface area (Å²) in [5.41, 5.74) is 2.05. The number of benzene rings is 2. The molecule has 0 aliphatic heterocycles. The number of amides is 1. The number of carboxylic acid groups (broad SMARTS) is 1. The molecule has 2 aromatic carbocycles. The zero-order valence-corrected chi connectivity index (χ0v) is 13.8. The monoisotopic (exact) mass is 325 g/mol. The van der Waals surface area contributed by atoms with Gasteiger partial charge in [0.15, 0.2) is 0 Å². The number of aliphatic carboxylic acids is 1. The molecule has 2 aromatic rings. The fourth-order valence-corrected chi connectivity index (χ4v) is 2.71. The average Bonchev–Trinajstić information content (AvgIpc) is 2.60. The highest BCUT2D eigenvalue weighted by molar-refractivity contribution is 5.77. The van der Waals surface area contributed by atoms with Gasteiger partial charge in [0.25, 0.3) is 0 Å². The third kappa shape index (κ3) is 5.54. The first-order valence-electron chi connectivity index (χ1n) is 8.17. The van der Waals surface area contributed by atoms with Crippen molar-refractivity contribution in [2.75, 3.05) is 0 Å². The van der Waals surface area contributed by atoms with Crippen molar-refractivity contribution in [3.63, 3.8) is 0 Å². The van der Waals surface area contributed by atoms with Gasteiger partial charge in [-0.15, -0.1) is 0 Å². The van der Waals surface area contributed by atoms with Gasteiger partial charge in [-0.25, -0.2) is 0 Å². The second-order valence-corrected chi connectivity index (χ2v) is 5.98. The molecule has 0 radical (unpaired) electrons. The molecule has 0 bridgehead atoms. The summed E-state index contributed by atoms with van der Waals surface area (Å²) in [6.07, 6.45) is 0.777. The molecule has 4 heteroatoms. The SMILES string of the molecule is CC(CC(=O)NC(CCC(=O)O)c1ccccc1)c1ccccc1. The number of nitrogens with one attached hydrogen (secondary N) is 1. The van der Waals surface area contributed by atoms with Crippen LogP contribution in [0.5, 0.6) is 0 Å². The van der Waals surface area contributed by atoms with Gasteiger partial charge in [-0.1, -0.05) is 67.6 Å². The number of hydrogen-bond acceptors (Lipinski definition) is 2. The van der Waals surface area contributed by atoms with Crippen molar-refractivity contribution >= 4 is 11.9 Å². The Labute approximate surface area is 142 Å². The van der Waals surface area contributed by atoms with Crippen molar-refractivity contribution in [1.82, 2.24) is 5.32 Å². The lowest BCUT2D eigenvalue weighted by atomic mass is 9.96. The van der Waals surface area contributed by atoms with Gasteiger partial charge in [0, 0.05) is 12.8 Å². The Morgan fingerprint density at radius 1 is 0.958 bits per heavy atom. The molecule has 0 aliphatic carbocycles. The molecule has 126 valence electrons. The molecule has 2 rings (SSSR count). The van der Waals surface area contributed by atoms with Crippen molar-refractivity contribution < 1.29 is 14.7 Å². The number of hydrogen-bond donors (Lipinski definition) is 2. The molecule has 0 spiro atoms. The fraction of sp³-hybridized carbons (Fsp3) is 0.300. The van der Waals surface area contributed by atoms with Crippen LogP contribution in [0.25, 0.3) is 0 Å². The summed E-state index contributed by atoms with van der Waals surface area (Å²) in [6, 6.07) is 19.1. The average molecular weight is 325 g/mol. The molecule has 2 N–H and O–H groups in total. The Morgan fingerprint density at radius 3 is 2.04 bits per heavy atom. The van der Waals surface area contributed by atoms with E-state index in [4.69, 9.17) is 5.11 Å². The number of carbonyl (C=O) groups excluding carboxylic acids is 1. The van der Waals surface area contributed by atoms with Gasteiger partial charge in [0.1, 0.15) is 0 Å². The van der Waals surface area contributed by atoms with Gasteiger partial charge in [0.05, 0.1) is 6.04 Å². The standard InChI is InChI=1S/C20H23NO3/c1-15(16-8-4-2-5-9-16)14-19(22)21-18(12-13-20(23)24)17-10-6-3-7-11-17/h2-11,15,18H,12-14H2,1H3,(H,21,22)(H,23,24). The Kier molecular flexibility index (Phi) is 6.55. The predicted octanol–water partition coefficient (Wildman–Crippen LogP) is 3.90. The summed E-state index contributed by atoms with van der Waals surface area (Å²) >= 11 is 0. The first-order chi connectivity index (χ1) is 11.6. The molecule has 1 amide bonds. The lowest BCUT2D eigenvalue weighted by molar-refractivity contribution is -0.137. The Hall–Kier alpha value is -2.62. The Balaban J connectivity index is 2.00.